The van der Waals surface area contributed by atoms with Crippen molar-refractivity contribution >= 4 is 17.7 Å². The third kappa shape index (κ3) is 7.82. The van der Waals surface area contributed by atoms with Crippen LogP contribution in [0.2, 0.25) is 0 Å². The molecule has 26 heavy (non-hydrogen) atoms. The summed E-state index contributed by atoms with van der Waals surface area (Å²) in [5.41, 5.74) is 3.03. The van der Waals surface area contributed by atoms with Gasteiger partial charge < -0.3 is 10.1 Å². The molecule has 140 valence electrons. The van der Waals surface area contributed by atoms with Gasteiger partial charge in [0.1, 0.15) is 5.75 Å². The van der Waals surface area contributed by atoms with Gasteiger partial charge in [-0.2, -0.15) is 13.2 Å². The first-order valence-electron chi connectivity index (χ1n) is 8.00. The highest BCUT2D eigenvalue weighted by Crippen LogP contribution is 2.19. The first kappa shape index (κ1) is 20.2. The second-order valence-electron chi connectivity index (χ2n) is 5.81. The lowest BCUT2D eigenvalue weighted by Crippen LogP contribution is -2.24. The highest BCUT2D eigenvalue weighted by molar-refractivity contribution is 7.99. The number of halogens is 3. The standard InChI is InChI=1S/C19H20F3NO2S/c1-14-4-2-6-16(8-14)11-26-12-18(24)23-10-15-5-3-7-17(9-15)25-13-19(20,21)22/h2-9H,10-13H2,1H3,(H,23,24). The van der Waals surface area contributed by atoms with Crippen LogP contribution >= 0.6 is 11.8 Å². The van der Waals surface area contributed by atoms with Crippen molar-refractivity contribution in [1.29, 1.82) is 0 Å². The van der Waals surface area contributed by atoms with Crippen molar-refractivity contribution in [2.24, 2.45) is 0 Å². The Bertz CT molecular complexity index is 735. The lowest BCUT2D eigenvalue weighted by atomic mass is 10.2. The molecule has 3 nitrogen and oxygen atoms in total. The smallest absolute Gasteiger partial charge is 0.422 e. The van der Waals surface area contributed by atoms with Crippen LogP contribution < -0.4 is 10.1 Å². The molecule has 2 rings (SSSR count). The van der Waals surface area contributed by atoms with Crippen LogP contribution in [0.5, 0.6) is 5.75 Å². The molecule has 0 aliphatic carbocycles. The summed E-state index contributed by atoms with van der Waals surface area (Å²) in [6.45, 7) is 0.929. The van der Waals surface area contributed by atoms with Gasteiger partial charge in [-0.3, -0.25) is 4.79 Å². The summed E-state index contributed by atoms with van der Waals surface area (Å²) < 4.78 is 41.2. The van der Waals surface area contributed by atoms with E-state index in [1.165, 1.54) is 29.5 Å². The fourth-order valence-electron chi connectivity index (χ4n) is 2.23. The topological polar surface area (TPSA) is 38.3 Å². The van der Waals surface area contributed by atoms with Crippen LogP contribution in [0.4, 0.5) is 13.2 Å². The van der Waals surface area contributed by atoms with E-state index in [9.17, 15) is 18.0 Å². The summed E-state index contributed by atoms with van der Waals surface area (Å²) in [5, 5.41) is 2.76. The van der Waals surface area contributed by atoms with Crippen LogP contribution in [0.1, 0.15) is 16.7 Å². The molecule has 0 heterocycles. The summed E-state index contributed by atoms with van der Waals surface area (Å²) in [7, 11) is 0. The maximum atomic E-state index is 12.2. The molecule has 0 spiro atoms. The van der Waals surface area contributed by atoms with Gasteiger partial charge in [0, 0.05) is 12.3 Å². The zero-order valence-corrected chi connectivity index (χ0v) is 15.1. The Labute approximate surface area is 154 Å². The van der Waals surface area contributed by atoms with Crippen molar-refractivity contribution < 1.29 is 22.7 Å². The second kappa shape index (κ2) is 9.52. The molecule has 0 radical (unpaired) electrons. The van der Waals surface area contributed by atoms with Crippen LogP contribution in [-0.4, -0.2) is 24.4 Å². The molecular weight excluding hydrogens is 363 g/mol. The largest absolute Gasteiger partial charge is 0.484 e. The molecule has 0 unspecified atom stereocenters. The van der Waals surface area contributed by atoms with E-state index in [4.69, 9.17) is 4.74 Å². The number of hydrogen-bond acceptors (Lipinski definition) is 3. The Morgan fingerprint density at radius 2 is 1.85 bits per heavy atom. The Morgan fingerprint density at radius 1 is 1.12 bits per heavy atom. The fourth-order valence-corrected chi connectivity index (χ4v) is 3.03. The van der Waals surface area contributed by atoms with Gasteiger partial charge >= 0.3 is 6.18 Å². The molecule has 2 aromatic carbocycles. The SMILES string of the molecule is Cc1cccc(CSCC(=O)NCc2cccc(OCC(F)(F)F)c2)c1. The predicted octanol–water partition coefficient (Wildman–Crippen LogP) is 4.49. The molecule has 7 heteroatoms. The van der Waals surface area contributed by atoms with E-state index in [0.29, 0.717) is 11.3 Å². The minimum atomic E-state index is -4.38. The molecule has 2 aromatic rings. The second-order valence-corrected chi connectivity index (χ2v) is 6.80. The van der Waals surface area contributed by atoms with Gasteiger partial charge in [-0.25, -0.2) is 0 Å². The van der Waals surface area contributed by atoms with Gasteiger partial charge in [-0.15, -0.1) is 11.8 Å². The number of benzene rings is 2. The lowest BCUT2D eigenvalue weighted by molar-refractivity contribution is -0.153. The monoisotopic (exact) mass is 383 g/mol. The third-order valence-corrected chi connectivity index (χ3v) is 4.38. The number of hydrogen-bond donors (Lipinski definition) is 1. The average molecular weight is 383 g/mol. The lowest BCUT2D eigenvalue weighted by Gasteiger charge is -2.11. The molecule has 1 amide bonds. The zero-order chi connectivity index (χ0) is 19.0. The van der Waals surface area contributed by atoms with Crippen LogP contribution in [0.25, 0.3) is 0 Å². The molecule has 0 saturated heterocycles. The summed E-state index contributed by atoms with van der Waals surface area (Å²) in [4.78, 5) is 11.9. The molecule has 1 N–H and O–H groups in total. The van der Waals surface area contributed by atoms with Gasteiger partial charge in [-0.05, 0) is 30.2 Å². The number of rotatable bonds is 8. The van der Waals surface area contributed by atoms with E-state index in [-0.39, 0.29) is 18.2 Å². The fraction of sp³-hybridized carbons (Fsp3) is 0.316. The molecule has 0 bridgehead atoms. The van der Waals surface area contributed by atoms with Crippen molar-refractivity contribution in [2.45, 2.75) is 25.4 Å². The van der Waals surface area contributed by atoms with Crippen molar-refractivity contribution in [3.63, 3.8) is 0 Å². The summed E-state index contributed by atoms with van der Waals surface area (Å²) in [6.07, 6.45) is -4.38. The molecule has 0 fully saturated rings. The number of ether oxygens (including phenoxy) is 1. The Morgan fingerprint density at radius 3 is 2.58 bits per heavy atom. The highest BCUT2D eigenvalue weighted by Gasteiger charge is 2.28. The van der Waals surface area contributed by atoms with Crippen LogP contribution in [-0.2, 0) is 17.1 Å². The summed E-state index contributed by atoms with van der Waals surface area (Å²) in [5.74, 6) is 1.07. The maximum Gasteiger partial charge on any atom is 0.422 e. The van der Waals surface area contributed by atoms with E-state index in [1.54, 1.807) is 12.1 Å². The van der Waals surface area contributed by atoms with Gasteiger partial charge in [0.25, 0.3) is 0 Å². The molecule has 0 aliphatic heterocycles. The van der Waals surface area contributed by atoms with Crippen molar-refractivity contribution in [3.8, 4) is 5.75 Å². The van der Waals surface area contributed by atoms with E-state index in [0.717, 1.165) is 11.3 Å². The minimum absolute atomic E-state index is 0.121. The normalized spacial score (nSPS) is 11.2. The number of thioether (sulfide) groups is 1. The first-order valence-corrected chi connectivity index (χ1v) is 9.16. The van der Waals surface area contributed by atoms with Crippen molar-refractivity contribution in [2.75, 3.05) is 12.4 Å². The summed E-state index contributed by atoms with van der Waals surface area (Å²) >= 11 is 1.51. The Hall–Kier alpha value is -2.15. The average Bonchev–Trinajstić information content (AvgIpc) is 2.58. The van der Waals surface area contributed by atoms with Crippen LogP contribution in [0.3, 0.4) is 0 Å². The summed E-state index contributed by atoms with van der Waals surface area (Å²) in [6, 6.07) is 14.4. The zero-order valence-electron chi connectivity index (χ0n) is 14.3. The van der Waals surface area contributed by atoms with E-state index >= 15 is 0 Å². The van der Waals surface area contributed by atoms with Gasteiger partial charge in [-0.1, -0.05) is 42.0 Å². The first-order chi connectivity index (χ1) is 12.3. The maximum absolute atomic E-state index is 12.2. The Kier molecular flexibility index (Phi) is 7.38. The van der Waals surface area contributed by atoms with Crippen LogP contribution in [0.15, 0.2) is 48.5 Å². The number of alkyl halides is 3. The van der Waals surface area contributed by atoms with Gasteiger partial charge in [0.2, 0.25) is 5.91 Å². The third-order valence-electron chi connectivity index (χ3n) is 3.37. The number of nitrogens with one attached hydrogen (secondary N) is 1. The number of carbonyl (C=O) groups is 1. The van der Waals surface area contributed by atoms with Crippen LogP contribution in [0, 0.1) is 6.92 Å². The van der Waals surface area contributed by atoms with Gasteiger partial charge in [0.05, 0.1) is 5.75 Å². The molecule has 0 saturated carbocycles. The Balaban J connectivity index is 1.73. The molecule has 0 aliphatic rings. The van der Waals surface area contributed by atoms with Crippen molar-refractivity contribution in [3.05, 3.63) is 65.2 Å². The quantitative estimate of drug-likeness (QED) is 0.730. The minimum Gasteiger partial charge on any atom is -0.484 e. The number of amides is 1. The van der Waals surface area contributed by atoms with Gasteiger partial charge in [0.15, 0.2) is 6.61 Å². The molecular formula is C19H20F3NO2S. The highest BCUT2D eigenvalue weighted by atomic mass is 32.2. The predicted molar refractivity (Wildman–Crippen MR) is 97.2 cm³/mol. The van der Waals surface area contributed by atoms with E-state index < -0.39 is 12.8 Å². The van der Waals surface area contributed by atoms with Crippen molar-refractivity contribution in [1.82, 2.24) is 5.32 Å². The number of carbonyl (C=O) groups excluding carboxylic acids is 1. The molecule has 0 aromatic heterocycles. The van der Waals surface area contributed by atoms with E-state index in [1.807, 2.05) is 25.1 Å². The number of aryl methyl sites for hydroxylation is 1. The molecule has 0 atom stereocenters. The van der Waals surface area contributed by atoms with E-state index in [2.05, 4.69) is 11.4 Å².